The Kier molecular flexibility index (Phi) is 5.10. The molecule has 0 atom stereocenters. The van der Waals surface area contributed by atoms with Gasteiger partial charge in [-0.1, -0.05) is 6.08 Å². The lowest BCUT2D eigenvalue weighted by Gasteiger charge is -2.17. The number of carbonyl (C=O) groups is 1. The Labute approximate surface area is 181 Å². The molecule has 7 nitrogen and oxygen atoms in total. The van der Waals surface area contributed by atoms with E-state index in [0.717, 1.165) is 57.8 Å². The third-order valence-corrected chi connectivity index (χ3v) is 6.29. The summed E-state index contributed by atoms with van der Waals surface area (Å²) in [4.78, 5) is 30.3. The summed E-state index contributed by atoms with van der Waals surface area (Å²) in [5, 5.41) is 4.33. The number of rotatable bonds is 4. The molecule has 0 spiro atoms. The van der Waals surface area contributed by atoms with E-state index in [1.165, 1.54) is 5.57 Å². The second-order valence-corrected chi connectivity index (χ2v) is 8.29. The molecule has 2 N–H and O–H groups in total. The highest BCUT2D eigenvalue weighted by molar-refractivity contribution is 7.16. The molecular weight excluding hydrogens is 420 g/mol. The van der Waals surface area contributed by atoms with Gasteiger partial charge in [-0.2, -0.15) is 0 Å². The molecule has 0 radical (unpaired) electrons. The molecule has 0 saturated carbocycles. The summed E-state index contributed by atoms with van der Waals surface area (Å²) >= 11 is 7.32. The van der Waals surface area contributed by atoms with E-state index in [1.54, 1.807) is 22.6 Å². The van der Waals surface area contributed by atoms with E-state index in [9.17, 15) is 4.79 Å². The normalized spacial score (nSPS) is 14.7. The number of nitrogens with zero attached hydrogens (tertiary/aromatic N) is 4. The van der Waals surface area contributed by atoms with Crippen molar-refractivity contribution in [3.8, 4) is 0 Å². The van der Waals surface area contributed by atoms with Gasteiger partial charge in [0, 0.05) is 24.5 Å². The third kappa shape index (κ3) is 3.64. The molecule has 0 aliphatic carbocycles. The number of hydrogen-bond donors (Lipinski definition) is 2. The fraction of sp³-hybridized carbons (Fsp3) is 0.238. The van der Waals surface area contributed by atoms with Gasteiger partial charge in [0.1, 0.15) is 23.7 Å². The minimum absolute atomic E-state index is 0.0213. The molecule has 152 valence electrons. The highest BCUT2D eigenvalue weighted by atomic mass is 35.5. The fourth-order valence-electron chi connectivity index (χ4n) is 3.71. The second kappa shape index (κ2) is 8.04. The number of benzene rings is 1. The Morgan fingerprint density at radius 1 is 1.27 bits per heavy atom. The number of aromatic nitrogens is 4. The van der Waals surface area contributed by atoms with Crippen molar-refractivity contribution in [1.29, 1.82) is 0 Å². The molecule has 1 amide bonds. The minimum Gasteiger partial charge on any atom is -0.340 e. The van der Waals surface area contributed by atoms with Crippen molar-refractivity contribution >= 4 is 67.2 Å². The number of fused-ring (bicyclic) bond motifs is 2. The van der Waals surface area contributed by atoms with Crippen LogP contribution in [0.1, 0.15) is 18.5 Å². The van der Waals surface area contributed by atoms with E-state index in [1.807, 2.05) is 17.6 Å². The maximum absolute atomic E-state index is 11.9. The van der Waals surface area contributed by atoms with Crippen LogP contribution in [0.3, 0.4) is 0 Å². The molecule has 30 heavy (non-hydrogen) atoms. The Balaban J connectivity index is 1.44. The van der Waals surface area contributed by atoms with Gasteiger partial charge in [-0.15, -0.1) is 22.9 Å². The fourth-order valence-corrected chi connectivity index (χ4v) is 4.60. The molecule has 5 rings (SSSR count). The van der Waals surface area contributed by atoms with Crippen LogP contribution in [0.4, 0.5) is 11.5 Å². The van der Waals surface area contributed by atoms with Gasteiger partial charge < -0.3 is 15.2 Å². The zero-order chi connectivity index (χ0) is 20.5. The van der Waals surface area contributed by atoms with Crippen molar-refractivity contribution < 1.29 is 4.79 Å². The van der Waals surface area contributed by atoms with Crippen molar-refractivity contribution in [2.24, 2.45) is 0 Å². The van der Waals surface area contributed by atoms with Gasteiger partial charge in [0.05, 0.1) is 21.1 Å². The zero-order valence-corrected chi connectivity index (χ0v) is 17.6. The van der Waals surface area contributed by atoms with Gasteiger partial charge in [-0.3, -0.25) is 4.79 Å². The molecule has 1 aromatic carbocycles. The van der Waals surface area contributed by atoms with Crippen molar-refractivity contribution in [3.63, 3.8) is 0 Å². The molecule has 0 saturated heterocycles. The number of carbonyl (C=O) groups excluding carboxylic acids is 1. The number of H-pyrrole nitrogens is 1. The van der Waals surface area contributed by atoms with E-state index in [0.29, 0.717) is 6.54 Å². The molecule has 1 aliphatic heterocycles. The first-order valence-electron chi connectivity index (χ1n) is 9.68. The van der Waals surface area contributed by atoms with E-state index in [2.05, 4.69) is 43.5 Å². The van der Waals surface area contributed by atoms with Gasteiger partial charge in [0.25, 0.3) is 0 Å². The summed E-state index contributed by atoms with van der Waals surface area (Å²) in [6, 6.07) is 8.15. The average Bonchev–Trinajstić information content (AvgIpc) is 3.34. The number of alkyl halides is 1. The lowest BCUT2D eigenvalue weighted by molar-refractivity contribution is -0.127. The lowest BCUT2D eigenvalue weighted by atomic mass is 10.1. The number of nitrogens with one attached hydrogen (secondary N) is 2. The quantitative estimate of drug-likeness (QED) is 0.456. The van der Waals surface area contributed by atoms with Crippen LogP contribution in [0.2, 0.25) is 0 Å². The van der Waals surface area contributed by atoms with E-state index in [4.69, 9.17) is 11.6 Å². The molecule has 1 aliphatic rings. The summed E-state index contributed by atoms with van der Waals surface area (Å²) < 4.78 is 1.12. The average molecular weight is 439 g/mol. The van der Waals surface area contributed by atoms with Gasteiger partial charge in [0.2, 0.25) is 5.91 Å². The number of allylic oxidation sites excluding steroid dienone is 1. The van der Waals surface area contributed by atoms with Crippen molar-refractivity contribution in [3.05, 3.63) is 47.9 Å². The maximum atomic E-state index is 11.9. The molecule has 4 aromatic rings. The molecule has 9 heteroatoms. The Morgan fingerprint density at radius 2 is 2.20 bits per heavy atom. The van der Waals surface area contributed by atoms with Crippen LogP contribution in [0.15, 0.2) is 42.2 Å². The number of amides is 1. The number of halogens is 1. The highest BCUT2D eigenvalue weighted by Crippen LogP contribution is 2.30. The second-order valence-electron chi connectivity index (χ2n) is 7.13. The summed E-state index contributed by atoms with van der Waals surface area (Å²) in [6.07, 6.45) is 5.44. The SMILES string of the molecule is O=C(CCl)N1CC=C(c2cc3c(Nc4ccc5ncsc5c4)ncnc3[nH]2)CCC1. The van der Waals surface area contributed by atoms with E-state index in [-0.39, 0.29) is 11.8 Å². The highest BCUT2D eigenvalue weighted by Gasteiger charge is 2.17. The number of aromatic amines is 1. The topological polar surface area (TPSA) is 86.8 Å². The van der Waals surface area contributed by atoms with Crippen LogP contribution in [0.5, 0.6) is 0 Å². The molecule has 3 aromatic heterocycles. The molecule has 4 heterocycles. The molecule has 0 unspecified atom stereocenters. The number of thiazole rings is 1. The number of hydrogen-bond acceptors (Lipinski definition) is 6. The third-order valence-electron chi connectivity index (χ3n) is 5.26. The van der Waals surface area contributed by atoms with Crippen LogP contribution in [0, 0.1) is 0 Å². The van der Waals surface area contributed by atoms with Crippen molar-refractivity contribution in [2.75, 3.05) is 24.3 Å². The van der Waals surface area contributed by atoms with Crippen LogP contribution in [-0.4, -0.2) is 49.7 Å². The van der Waals surface area contributed by atoms with Crippen LogP contribution in [-0.2, 0) is 4.79 Å². The molecule has 0 bridgehead atoms. The largest absolute Gasteiger partial charge is 0.340 e. The predicted molar refractivity (Wildman–Crippen MR) is 121 cm³/mol. The minimum atomic E-state index is -0.0268. The zero-order valence-electron chi connectivity index (χ0n) is 16.1. The first-order chi connectivity index (χ1) is 14.7. The summed E-state index contributed by atoms with van der Waals surface area (Å²) in [6.45, 7) is 1.29. The van der Waals surface area contributed by atoms with Crippen LogP contribution >= 0.6 is 22.9 Å². The van der Waals surface area contributed by atoms with Gasteiger partial charge >= 0.3 is 0 Å². The Morgan fingerprint density at radius 3 is 3.10 bits per heavy atom. The number of anilines is 2. The standard InChI is InChI=1S/C21H19ClN6OS/c22-10-19(29)28-6-1-2-13(5-7-28)17-9-15-20(23-11-24-21(15)27-17)26-14-3-4-16-18(8-14)30-12-25-16/h3-5,8-9,11-12H,1-2,6-7,10H2,(H2,23,24,26,27). The summed E-state index contributed by atoms with van der Waals surface area (Å²) in [5.74, 6) is 0.744. The lowest BCUT2D eigenvalue weighted by Crippen LogP contribution is -2.32. The first kappa shape index (κ1) is 19.0. The summed E-state index contributed by atoms with van der Waals surface area (Å²) in [7, 11) is 0. The molecule has 0 fully saturated rings. The maximum Gasteiger partial charge on any atom is 0.237 e. The van der Waals surface area contributed by atoms with Crippen LogP contribution in [0.25, 0.3) is 26.8 Å². The first-order valence-corrected chi connectivity index (χ1v) is 11.1. The summed E-state index contributed by atoms with van der Waals surface area (Å²) in [5.41, 5.74) is 6.75. The molecular formula is C21H19ClN6OS. The van der Waals surface area contributed by atoms with Crippen molar-refractivity contribution in [2.45, 2.75) is 12.8 Å². The Bertz CT molecular complexity index is 1260. The van der Waals surface area contributed by atoms with Gasteiger partial charge in [-0.25, -0.2) is 15.0 Å². The van der Waals surface area contributed by atoms with Crippen molar-refractivity contribution in [1.82, 2.24) is 24.8 Å². The van der Waals surface area contributed by atoms with E-state index >= 15 is 0 Å². The smallest absolute Gasteiger partial charge is 0.237 e. The van der Waals surface area contributed by atoms with Gasteiger partial charge in [-0.05, 0) is 42.7 Å². The van der Waals surface area contributed by atoms with Crippen LogP contribution < -0.4 is 5.32 Å². The van der Waals surface area contributed by atoms with E-state index < -0.39 is 0 Å². The van der Waals surface area contributed by atoms with Gasteiger partial charge in [0.15, 0.2) is 0 Å². The predicted octanol–water partition coefficient (Wildman–Crippen LogP) is 4.56. The monoisotopic (exact) mass is 438 g/mol. The Hall–Kier alpha value is -2.97.